The van der Waals surface area contributed by atoms with Gasteiger partial charge < -0.3 is 0 Å². The first kappa shape index (κ1) is 12.2. The summed E-state index contributed by atoms with van der Waals surface area (Å²) in [7, 11) is -3.23. The van der Waals surface area contributed by atoms with E-state index in [2.05, 4.69) is 11.2 Å². The van der Waals surface area contributed by atoms with Gasteiger partial charge in [-0.1, -0.05) is 36.5 Å². The minimum absolute atomic E-state index is 0.236. The standard InChI is InChI=1S/C14H16O2S/c1-12-6-8-13(9-7-12)10-11-17(15,16)14-4-2-3-5-14/h6-9,14H,2-5H2,1H3. The Labute approximate surface area is 103 Å². The fourth-order valence-electron chi connectivity index (χ4n) is 2.05. The highest BCUT2D eigenvalue weighted by Crippen LogP contribution is 2.24. The van der Waals surface area contributed by atoms with Gasteiger partial charge in [0.2, 0.25) is 9.84 Å². The molecule has 0 radical (unpaired) electrons. The fourth-order valence-corrected chi connectivity index (χ4v) is 3.43. The van der Waals surface area contributed by atoms with Crippen LogP contribution in [-0.4, -0.2) is 13.7 Å². The molecule has 0 spiro atoms. The zero-order valence-corrected chi connectivity index (χ0v) is 10.8. The Hall–Kier alpha value is -1.27. The van der Waals surface area contributed by atoms with Crippen molar-refractivity contribution in [1.29, 1.82) is 0 Å². The van der Waals surface area contributed by atoms with Crippen LogP contribution in [0.5, 0.6) is 0 Å². The first-order valence-corrected chi connectivity index (χ1v) is 7.46. The number of rotatable bonds is 1. The van der Waals surface area contributed by atoms with Gasteiger partial charge in [0, 0.05) is 10.8 Å². The normalized spacial score (nSPS) is 16.5. The smallest absolute Gasteiger partial charge is 0.215 e. The second-order valence-electron chi connectivity index (χ2n) is 4.54. The zero-order chi connectivity index (χ0) is 12.3. The number of hydrogen-bond donors (Lipinski definition) is 0. The van der Waals surface area contributed by atoms with Crippen molar-refractivity contribution < 1.29 is 8.42 Å². The van der Waals surface area contributed by atoms with E-state index in [4.69, 9.17) is 0 Å². The van der Waals surface area contributed by atoms with Crippen molar-refractivity contribution >= 4 is 9.84 Å². The highest BCUT2D eigenvalue weighted by Gasteiger charge is 2.26. The van der Waals surface area contributed by atoms with Crippen LogP contribution in [0.25, 0.3) is 0 Å². The van der Waals surface area contributed by atoms with E-state index >= 15 is 0 Å². The molecule has 0 bridgehead atoms. The Morgan fingerprint density at radius 2 is 1.71 bits per heavy atom. The Bertz CT molecular complexity index is 538. The number of aryl methyl sites for hydroxylation is 1. The minimum atomic E-state index is -3.23. The summed E-state index contributed by atoms with van der Waals surface area (Å²) in [5.41, 5.74) is 1.91. The average molecular weight is 248 g/mol. The molecule has 0 saturated heterocycles. The summed E-state index contributed by atoms with van der Waals surface area (Å²) in [5, 5.41) is 2.22. The molecule has 1 saturated carbocycles. The lowest BCUT2D eigenvalue weighted by Gasteiger charge is -2.03. The molecular weight excluding hydrogens is 232 g/mol. The molecule has 1 aliphatic carbocycles. The van der Waals surface area contributed by atoms with Crippen LogP contribution < -0.4 is 0 Å². The zero-order valence-electron chi connectivity index (χ0n) is 9.94. The van der Waals surface area contributed by atoms with Crippen LogP contribution >= 0.6 is 0 Å². The SMILES string of the molecule is Cc1ccc(C#CS(=O)(=O)C2CCCC2)cc1. The number of sulfone groups is 1. The Balaban J connectivity index is 2.18. The minimum Gasteiger partial charge on any atom is -0.215 e. The first-order valence-electron chi connectivity index (χ1n) is 5.91. The second kappa shape index (κ2) is 4.93. The molecule has 0 amide bonds. The molecule has 2 nitrogen and oxygen atoms in total. The molecule has 0 atom stereocenters. The van der Waals surface area contributed by atoms with Crippen molar-refractivity contribution in [2.75, 3.05) is 0 Å². The Morgan fingerprint density at radius 1 is 1.12 bits per heavy atom. The maximum atomic E-state index is 11.9. The molecule has 0 N–H and O–H groups in total. The van der Waals surface area contributed by atoms with Gasteiger partial charge in [0.05, 0.1) is 5.25 Å². The van der Waals surface area contributed by atoms with E-state index in [1.807, 2.05) is 31.2 Å². The molecular formula is C14H16O2S. The molecule has 3 heteroatoms. The van der Waals surface area contributed by atoms with E-state index in [-0.39, 0.29) is 5.25 Å². The average Bonchev–Trinajstić information content (AvgIpc) is 2.82. The van der Waals surface area contributed by atoms with Crippen molar-refractivity contribution in [2.24, 2.45) is 0 Å². The lowest BCUT2D eigenvalue weighted by atomic mass is 10.2. The topological polar surface area (TPSA) is 34.1 Å². The monoisotopic (exact) mass is 248 g/mol. The largest absolute Gasteiger partial charge is 0.219 e. The summed E-state index contributed by atoms with van der Waals surface area (Å²) in [6.45, 7) is 1.99. The van der Waals surface area contributed by atoms with Gasteiger partial charge >= 0.3 is 0 Å². The summed E-state index contributed by atoms with van der Waals surface area (Å²) in [4.78, 5) is 0. The van der Waals surface area contributed by atoms with E-state index in [1.54, 1.807) is 0 Å². The van der Waals surface area contributed by atoms with Crippen LogP contribution in [0.2, 0.25) is 0 Å². The molecule has 0 unspecified atom stereocenters. The molecule has 0 aliphatic heterocycles. The Morgan fingerprint density at radius 3 is 2.29 bits per heavy atom. The van der Waals surface area contributed by atoms with Crippen LogP contribution in [0.1, 0.15) is 36.8 Å². The highest BCUT2D eigenvalue weighted by atomic mass is 32.2. The van der Waals surface area contributed by atoms with Crippen LogP contribution in [-0.2, 0) is 9.84 Å². The number of hydrogen-bond acceptors (Lipinski definition) is 2. The Kier molecular flexibility index (Phi) is 3.54. The predicted molar refractivity (Wildman–Crippen MR) is 69.2 cm³/mol. The molecule has 1 aromatic carbocycles. The van der Waals surface area contributed by atoms with Crippen LogP contribution in [0, 0.1) is 18.1 Å². The third-order valence-electron chi connectivity index (χ3n) is 3.13. The van der Waals surface area contributed by atoms with Gasteiger partial charge in [-0.15, -0.1) is 0 Å². The van der Waals surface area contributed by atoms with Crippen molar-refractivity contribution in [3.63, 3.8) is 0 Å². The van der Waals surface area contributed by atoms with E-state index in [1.165, 1.54) is 0 Å². The lowest BCUT2D eigenvalue weighted by molar-refractivity contribution is 0.590. The quantitative estimate of drug-likeness (QED) is 0.716. The third-order valence-corrected chi connectivity index (χ3v) is 4.87. The van der Waals surface area contributed by atoms with Crippen LogP contribution in [0.4, 0.5) is 0 Å². The lowest BCUT2D eigenvalue weighted by Crippen LogP contribution is -2.14. The van der Waals surface area contributed by atoms with Gasteiger partial charge in [-0.2, -0.15) is 0 Å². The van der Waals surface area contributed by atoms with E-state index < -0.39 is 9.84 Å². The van der Waals surface area contributed by atoms with E-state index in [0.717, 1.165) is 36.8 Å². The van der Waals surface area contributed by atoms with E-state index in [0.29, 0.717) is 0 Å². The molecule has 1 fully saturated rings. The molecule has 1 aromatic rings. The number of benzene rings is 1. The summed E-state index contributed by atoms with van der Waals surface area (Å²) < 4.78 is 23.8. The molecule has 2 rings (SSSR count). The summed E-state index contributed by atoms with van der Waals surface area (Å²) in [6, 6.07) is 7.58. The third kappa shape index (κ3) is 3.10. The van der Waals surface area contributed by atoms with Crippen molar-refractivity contribution in [1.82, 2.24) is 0 Å². The summed E-state index contributed by atoms with van der Waals surface area (Å²) >= 11 is 0. The van der Waals surface area contributed by atoms with Crippen molar-refractivity contribution in [3.8, 4) is 11.2 Å². The summed E-state index contributed by atoms with van der Waals surface area (Å²) in [5.74, 6) is 2.75. The molecule has 0 aromatic heterocycles. The van der Waals surface area contributed by atoms with E-state index in [9.17, 15) is 8.42 Å². The molecule has 90 valence electrons. The van der Waals surface area contributed by atoms with Crippen molar-refractivity contribution in [2.45, 2.75) is 37.9 Å². The van der Waals surface area contributed by atoms with Gasteiger partial charge in [0.15, 0.2) is 0 Å². The highest BCUT2D eigenvalue weighted by molar-refractivity contribution is 7.96. The fraction of sp³-hybridized carbons (Fsp3) is 0.429. The van der Waals surface area contributed by atoms with Crippen LogP contribution in [0.15, 0.2) is 24.3 Å². The second-order valence-corrected chi connectivity index (χ2v) is 6.51. The van der Waals surface area contributed by atoms with Gasteiger partial charge in [0.1, 0.15) is 0 Å². The summed E-state index contributed by atoms with van der Waals surface area (Å²) in [6.07, 6.45) is 3.56. The van der Waals surface area contributed by atoms with Gasteiger partial charge in [-0.3, -0.25) is 0 Å². The predicted octanol–water partition coefficient (Wildman–Crippen LogP) is 2.66. The molecule has 17 heavy (non-hydrogen) atoms. The maximum absolute atomic E-state index is 11.9. The molecule has 0 heterocycles. The maximum Gasteiger partial charge on any atom is 0.219 e. The van der Waals surface area contributed by atoms with Gasteiger partial charge in [-0.25, -0.2) is 8.42 Å². The molecule has 1 aliphatic rings. The van der Waals surface area contributed by atoms with Crippen molar-refractivity contribution in [3.05, 3.63) is 35.4 Å². The van der Waals surface area contributed by atoms with Gasteiger partial charge in [0.25, 0.3) is 0 Å². The van der Waals surface area contributed by atoms with Gasteiger partial charge in [-0.05, 0) is 31.9 Å². The van der Waals surface area contributed by atoms with Crippen LogP contribution in [0.3, 0.4) is 0 Å². The first-order chi connectivity index (χ1) is 8.08.